The molecule has 0 radical (unpaired) electrons. The van der Waals surface area contributed by atoms with Gasteiger partial charge in [-0.2, -0.15) is 0 Å². The van der Waals surface area contributed by atoms with E-state index in [9.17, 15) is 0 Å². The summed E-state index contributed by atoms with van der Waals surface area (Å²) in [5, 5.41) is 0. The first kappa shape index (κ1) is 30.7. The monoisotopic (exact) mass is 556 g/mol. The molecule has 0 saturated heterocycles. The van der Waals surface area contributed by atoms with Crippen molar-refractivity contribution in [1.82, 2.24) is 0 Å². The van der Waals surface area contributed by atoms with Crippen LogP contribution in [0.3, 0.4) is 0 Å². The van der Waals surface area contributed by atoms with Gasteiger partial charge in [-0.1, -0.05) is 120 Å². The van der Waals surface area contributed by atoms with Gasteiger partial charge in [-0.25, -0.2) is 0 Å². The molecule has 0 aliphatic rings. The molecule has 0 aromatic heterocycles. The van der Waals surface area contributed by atoms with Crippen molar-refractivity contribution in [2.45, 2.75) is 104 Å². The minimum atomic E-state index is -2.32. The summed E-state index contributed by atoms with van der Waals surface area (Å²) >= 11 is 7.63. The van der Waals surface area contributed by atoms with Crippen molar-refractivity contribution in [3.8, 4) is 5.75 Å². The first-order valence-corrected chi connectivity index (χ1v) is 16.1. The van der Waals surface area contributed by atoms with Gasteiger partial charge >= 0.3 is 0 Å². The van der Waals surface area contributed by atoms with E-state index in [0.717, 1.165) is 24.5 Å². The van der Waals surface area contributed by atoms with Gasteiger partial charge in [-0.3, -0.25) is 0 Å². The number of benzene rings is 1. The molecule has 0 fully saturated rings. The van der Waals surface area contributed by atoms with E-state index in [1.54, 1.807) is 11.4 Å². The summed E-state index contributed by atoms with van der Waals surface area (Å²) in [6.45, 7) is 5.25. The van der Waals surface area contributed by atoms with E-state index in [1.807, 2.05) is 30.3 Å². The Morgan fingerprint density at radius 3 is 1.80 bits per heavy atom. The van der Waals surface area contributed by atoms with Crippen molar-refractivity contribution in [2.24, 2.45) is 0 Å². The maximum atomic E-state index is 6.19. The predicted molar refractivity (Wildman–Crippen MR) is 136 cm³/mol. The largest absolute Gasteiger partial charge is 0.436 e. The van der Waals surface area contributed by atoms with Crippen molar-refractivity contribution in [3.05, 3.63) is 30.3 Å². The summed E-state index contributed by atoms with van der Waals surface area (Å²) in [5.41, 5.74) is -2.32. The molecule has 174 valence electrons. The molecule has 0 N–H and O–H groups in total. The van der Waals surface area contributed by atoms with Gasteiger partial charge in [0.25, 0.3) is 5.69 Å². The van der Waals surface area contributed by atoms with Gasteiger partial charge in [0.2, 0.25) is 0 Å². The fourth-order valence-corrected chi connectivity index (χ4v) is 7.72. The second kappa shape index (κ2) is 21.5. The second-order valence-corrected chi connectivity index (χ2v) is 14.1. The maximum absolute atomic E-state index is 6.19. The normalized spacial score (nSPS) is 12.9. The average molecular weight is 555 g/mol. The molecule has 6 heteroatoms. The molecule has 1 atom stereocenters. The van der Waals surface area contributed by atoms with Gasteiger partial charge in [0.05, 0.1) is 6.61 Å². The summed E-state index contributed by atoms with van der Waals surface area (Å²) in [5.74, 6) is 1.87. The molecule has 0 spiro atoms. The molecule has 0 heterocycles. The van der Waals surface area contributed by atoms with E-state index in [1.165, 1.54) is 83.5 Å². The third-order valence-corrected chi connectivity index (χ3v) is 10.2. The van der Waals surface area contributed by atoms with Crippen molar-refractivity contribution in [1.29, 1.82) is 0 Å². The minimum absolute atomic E-state index is 0. The molecule has 0 saturated carbocycles. The fraction of sp³-hybridized carbons (Fsp3) is 0.750. The predicted octanol–water partition coefficient (Wildman–Crippen LogP) is 9.54. The molecule has 0 aliphatic heterocycles. The Morgan fingerprint density at radius 2 is 1.23 bits per heavy atom. The Morgan fingerprint density at radius 1 is 0.733 bits per heavy atom. The van der Waals surface area contributed by atoms with Crippen molar-refractivity contribution in [2.75, 3.05) is 12.4 Å². The summed E-state index contributed by atoms with van der Waals surface area (Å²) in [6, 6.07) is 9.94. The quantitative estimate of drug-likeness (QED) is 0.0907. The third kappa shape index (κ3) is 17.3. The molecule has 2 nitrogen and oxygen atoms in total. The minimum Gasteiger partial charge on any atom is -0.436 e. The summed E-state index contributed by atoms with van der Waals surface area (Å²) in [6.07, 6.45) is 18.2. The molecule has 0 bridgehead atoms. The van der Waals surface area contributed by atoms with E-state index in [-0.39, 0.29) is 21.1 Å². The Kier molecular flexibility index (Phi) is 22.0. The van der Waals surface area contributed by atoms with E-state index >= 15 is 0 Å². The van der Waals surface area contributed by atoms with Crippen LogP contribution in [0.2, 0.25) is 0 Å². The second-order valence-electron chi connectivity index (χ2n) is 7.76. The van der Waals surface area contributed by atoms with E-state index in [2.05, 4.69) is 13.8 Å². The number of para-hydroxylation sites is 1. The van der Waals surface area contributed by atoms with Crippen LogP contribution in [0.5, 0.6) is 5.75 Å². The molecule has 0 amide bonds. The van der Waals surface area contributed by atoms with Crippen molar-refractivity contribution in [3.63, 3.8) is 0 Å². The van der Waals surface area contributed by atoms with E-state index < -0.39 is 5.69 Å². The van der Waals surface area contributed by atoms with Crippen LogP contribution in [-0.2, 0) is 37.4 Å². The van der Waals surface area contributed by atoms with Gasteiger partial charge in [0.15, 0.2) is 0 Å². The zero-order valence-electron chi connectivity index (χ0n) is 19.2. The summed E-state index contributed by atoms with van der Waals surface area (Å²) < 4.78 is 12.4. The smallest absolute Gasteiger partial charge is 0.297 e. The number of hydrogen-bond acceptors (Lipinski definition) is 4. The number of rotatable bonds is 20. The summed E-state index contributed by atoms with van der Waals surface area (Å²) in [7, 11) is 0. The Balaban J connectivity index is 0.00000841. The standard InChI is InChI=1S/C24H43O2PS2.Mo/c1-3-5-7-9-11-13-18-22-25-27(28,26-24-20-16-15-17-21-24)29-23-19-14-12-10-8-6-4-2;/h15-17,20-21H,3-14,18-19,22-23H2,1-2H3;. The maximum Gasteiger partial charge on any atom is 0.297 e. The van der Waals surface area contributed by atoms with Gasteiger partial charge in [0.1, 0.15) is 5.75 Å². The SMILES string of the molecule is CCCCCCCCCOP(=S)(Oc1ccccc1)SCCCCCCCCC.[Mo]. The van der Waals surface area contributed by atoms with Gasteiger partial charge in [-0.05, 0) is 36.8 Å². The van der Waals surface area contributed by atoms with E-state index in [0.29, 0.717) is 0 Å². The van der Waals surface area contributed by atoms with Crippen LogP contribution in [-0.4, -0.2) is 12.4 Å². The third-order valence-electron chi connectivity index (χ3n) is 4.96. The van der Waals surface area contributed by atoms with Crippen LogP contribution in [0.25, 0.3) is 0 Å². The van der Waals surface area contributed by atoms with Crippen LogP contribution < -0.4 is 4.52 Å². The van der Waals surface area contributed by atoms with Crippen LogP contribution in [0, 0.1) is 0 Å². The summed E-state index contributed by atoms with van der Waals surface area (Å²) in [4.78, 5) is 0. The molecule has 0 aliphatic carbocycles. The van der Waals surface area contributed by atoms with Crippen LogP contribution in [0.15, 0.2) is 30.3 Å². The zero-order valence-corrected chi connectivity index (χ0v) is 23.7. The van der Waals surface area contributed by atoms with Crippen LogP contribution in [0.4, 0.5) is 0 Å². The molecule has 1 rings (SSSR count). The van der Waals surface area contributed by atoms with Crippen LogP contribution in [0.1, 0.15) is 104 Å². The topological polar surface area (TPSA) is 18.5 Å². The van der Waals surface area contributed by atoms with Crippen molar-refractivity contribution < 1.29 is 30.1 Å². The molecule has 1 aromatic carbocycles. The zero-order chi connectivity index (χ0) is 21.0. The van der Waals surface area contributed by atoms with Gasteiger partial charge in [0, 0.05) is 26.8 Å². The number of hydrogen-bond donors (Lipinski definition) is 0. The average Bonchev–Trinajstić information content (AvgIpc) is 2.73. The molecule has 30 heavy (non-hydrogen) atoms. The molecular weight excluding hydrogens is 511 g/mol. The molecule has 1 aromatic rings. The van der Waals surface area contributed by atoms with Crippen molar-refractivity contribution >= 4 is 28.9 Å². The molecule has 1 unspecified atom stereocenters. The Hall–Kier alpha value is 0.668. The first-order valence-electron chi connectivity index (χ1n) is 11.8. The van der Waals surface area contributed by atoms with E-state index in [4.69, 9.17) is 20.9 Å². The van der Waals surface area contributed by atoms with Gasteiger partial charge < -0.3 is 9.05 Å². The fourth-order valence-electron chi connectivity index (χ4n) is 3.17. The Bertz CT molecular complexity index is 507. The van der Waals surface area contributed by atoms with Gasteiger partial charge in [-0.15, -0.1) is 0 Å². The first-order chi connectivity index (χ1) is 14.2. The Labute approximate surface area is 210 Å². The number of unbranched alkanes of at least 4 members (excludes halogenated alkanes) is 12. The van der Waals surface area contributed by atoms with Crippen LogP contribution >= 0.6 is 17.1 Å². The molecular formula is C24H43MoO2PS2.